The van der Waals surface area contributed by atoms with Crippen molar-refractivity contribution in [3.05, 3.63) is 45.3 Å². The molecule has 2 aromatic rings. The largest absolute Gasteiger partial charge is 0.361 e. The maximum absolute atomic E-state index is 12.7. The van der Waals surface area contributed by atoms with Crippen molar-refractivity contribution >= 4 is 39.1 Å². The van der Waals surface area contributed by atoms with Gasteiger partial charge in [-0.1, -0.05) is 28.4 Å². The molecule has 140 valence electrons. The maximum Gasteiger partial charge on any atom is 0.255 e. The van der Waals surface area contributed by atoms with E-state index in [0.29, 0.717) is 11.5 Å². The zero-order valence-electron chi connectivity index (χ0n) is 14.1. The molecule has 0 aliphatic heterocycles. The first-order chi connectivity index (χ1) is 12.2. The van der Waals surface area contributed by atoms with E-state index < -0.39 is 15.9 Å². The van der Waals surface area contributed by atoms with Gasteiger partial charge in [-0.25, -0.2) is 13.1 Å². The molecule has 1 aromatic heterocycles. The number of hydrogen-bond donors (Lipinski definition) is 1. The Morgan fingerprint density at radius 1 is 1.31 bits per heavy atom. The molecule has 0 radical (unpaired) electrons. The average molecular weight is 418 g/mol. The highest BCUT2D eigenvalue weighted by Crippen LogP contribution is 2.31. The lowest BCUT2D eigenvalue weighted by atomic mass is 10.2. The third-order valence-corrected chi connectivity index (χ3v) is 6.16. The van der Waals surface area contributed by atoms with E-state index in [2.05, 4.69) is 9.88 Å². The van der Waals surface area contributed by atoms with Crippen LogP contribution in [0.4, 0.5) is 0 Å². The zero-order valence-corrected chi connectivity index (χ0v) is 16.5. The standard InChI is InChI=1S/C16H17Cl2N3O4S/c1-9-5-11(19-25-9)8-21(2)16(22)12-6-15(14(18)7-13(12)17)26(23,24)20-10-3-4-10/h5-7,10,20H,3-4,8H2,1-2H3. The summed E-state index contributed by atoms with van der Waals surface area (Å²) >= 11 is 12.2. The predicted molar refractivity (Wildman–Crippen MR) is 96.8 cm³/mol. The highest BCUT2D eigenvalue weighted by Gasteiger charge is 2.30. The first-order valence-electron chi connectivity index (χ1n) is 7.86. The Labute approximate surface area is 161 Å². The number of rotatable bonds is 6. The molecule has 1 fully saturated rings. The summed E-state index contributed by atoms with van der Waals surface area (Å²) in [6, 6.07) is 4.11. The van der Waals surface area contributed by atoms with Crippen LogP contribution in [-0.2, 0) is 16.6 Å². The highest BCUT2D eigenvalue weighted by molar-refractivity contribution is 7.89. The van der Waals surface area contributed by atoms with Gasteiger partial charge in [-0.05, 0) is 31.9 Å². The van der Waals surface area contributed by atoms with Crippen LogP contribution in [0.1, 0.15) is 34.7 Å². The van der Waals surface area contributed by atoms with Gasteiger partial charge in [-0.3, -0.25) is 4.79 Å². The van der Waals surface area contributed by atoms with Crippen LogP contribution in [0.5, 0.6) is 0 Å². The first-order valence-corrected chi connectivity index (χ1v) is 10.1. The van der Waals surface area contributed by atoms with Crippen molar-refractivity contribution in [1.82, 2.24) is 14.8 Å². The topological polar surface area (TPSA) is 92.5 Å². The van der Waals surface area contributed by atoms with Gasteiger partial charge in [-0.2, -0.15) is 0 Å². The number of benzene rings is 1. The van der Waals surface area contributed by atoms with E-state index >= 15 is 0 Å². The van der Waals surface area contributed by atoms with Gasteiger partial charge >= 0.3 is 0 Å². The minimum Gasteiger partial charge on any atom is -0.361 e. The van der Waals surface area contributed by atoms with Gasteiger partial charge in [0.2, 0.25) is 10.0 Å². The Hall–Kier alpha value is -1.61. The second kappa shape index (κ2) is 7.19. The molecule has 1 amide bonds. The molecule has 0 spiro atoms. The number of sulfonamides is 1. The Morgan fingerprint density at radius 3 is 2.58 bits per heavy atom. The van der Waals surface area contributed by atoms with Crippen LogP contribution in [-0.4, -0.2) is 37.5 Å². The summed E-state index contributed by atoms with van der Waals surface area (Å²) < 4.78 is 32.5. The number of nitrogens with one attached hydrogen (secondary N) is 1. The lowest BCUT2D eigenvalue weighted by Crippen LogP contribution is -2.28. The van der Waals surface area contributed by atoms with Crippen LogP contribution >= 0.6 is 23.2 Å². The molecule has 0 bridgehead atoms. The molecule has 1 aliphatic rings. The van der Waals surface area contributed by atoms with Crippen LogP contribution in [0.3, 0.4) is 0 Å². The van der Waals surface area contributed by atoms with Crippen LogP contribution < -0.4 is 4.72 Å². The van der Waals surface area contributed by atoms with Crippen molar-refractivity contribution in [2.75, 3.05) is 7.05 Å². The summed E-state index contributed by atoms with van der Waals surface area (Å²) in [5.74, 6) is 0.181. The van der Waals surface area contributed by atoms with Crippen molar-refractivity contribution in [2.45, 2.75) is 37.2 Å². The third kappa shape index (κ3) is 4.20. The number of aromatic nitrogens is 1. The van der Waals surface area contributed by atoms with Crippen LogP contribution in [0.15, 0.2) is 27.6 Å². The summed E-state index contributed by atoms with van der Waals surface area (Å²) in [6.45, 7) is 1.94. The molecule has 3 rings (SSSR count). The van der Waals surface area contributed by atoms with Crippen LogP contribution in [0, 0.1) is 6.92 Å². The highest BCUT2D eigenvalue weighted by atomic mass is 35.5. The molecule has 1 N–H and O–H groups in total. The predicted octanol–water partition coefficient (Wildman–Crippen LogP) is 3.00. The smallest absolute Gasteiger partial charge is 0.255 e. The van der Waals surface area contributed by atoms with Gasteiger partial charge in [0.25, 0.3) is 5.91 Å². The van der Waals surface area contributed by atoms with E-state index in [1.54, 1.807) is 20.0 Å². The summed E-state index contributed by atoms with van der Waals surface area (Å²) in [6.07, 6.45) is 1.58. The van der Waals surface area contributed by atoms with Crippen LogP contribution in [0.25, 0.3) is 0 Å². The van der Waals surface area contributed by atoms with Crippen molar-refractivity contribution in [3.63, 3.8) is 0 Å². The lowest BCUT2D eigenvalue weighted by molar-refractivity contribution is 0.0782. The minimum absolute atomic E-state index is 0.0329. The van der Waals surface area contributed by atoms with Crippen molar-refractivity contribution < 1.29 is 17.7 Å². The number of nitrogens with zero attached hydrogens (tertiary/aromatic N) is 2. The fourth-order valence-corrected chi connectivity index (χ4v) is 4.55. The Bertz CT molecular complexity index is 954. The fourth-order valence-electron chi connectivity index (χ4n) is 2.40. The molecular weight excluding hydrogens is 401 g/mol. The van der Waals surface area contributed by atoms with E-state index in [4.69, 9.17) is 27.7 Å². The molecule has 1 heterocycles. The Kier molecular flexibility index (Phi) is 5.30. The van der Waals surface area contributed by atoms with Gasteiger partial charge in [0.15, 0.2) is 0 Å². The molecule has 26 heavy (non-hydrogen) atoms. The van der Waals surface area contributed by atoms with E-state index in [-0.39, 0.29) is 33.1 Å². The number of aryl methyl sites for hydroxylation is 1. The second-order valence-corrected chi connectivity index (χ2v) is 8.74. The maximum atomic E-state index is 12.7. The molecule has 0 unspecified atom stereocenters. The normalized spacial score (nSPS) is 14.5. The lowest BCUT2D eigenvalue weighted by Gasteiger charge is -2.18. The minimum atomic E-state index is -3.82. The van der Waals surface area contributed by atoms with Gasteiger partial charge in [-0.15, -0.1) is 0 Å². The average Bonchev–Trinajstić information content (AvgIpc) is 3.25. The third-order valence-electron chi connectivity index (χ3n) is 3.86. The van der Waals surface area contributed by atoms with Gasteiger partial charge in [0, 0.05) is 19.2 Å². The number of amides is 1. The number of carbonyl (C=O) groups excluding carboxylic acids is 1. The van der Waals surface area contributed by atoms with Crippen molar-refractivity contribution in [3.8, 4) is 0 Å². The van der Waals surface area contributed by atoms with Gasteiger partial charge in [0.05, 0.1) is 22.2 Å². The Morgan fingerprint density at radius 2 is 2.00 bits per heavy atom. The number of carbonyl (C=O) groups is 1. The SMILES string of the molecule is Cc1cc(CN(C)C(=O)c2cc(S(=O)(=O)NC3CC3)c(Cl)cc2Cl)no1. The summed E-state index contributed by atoms with van der Waals surface area (Å²) in [4.78, 5) is 13.9. The molecule has 0 saturated heterocycles. The van der Waals surface area contributed by atoms with Crippen molar-refractivity contribution in [2.24, 2.45) is 0 Å². The van der Waals surface area contributed by atoms with E-state index in [1.165, 1.54) is 17.0 Å². The molecule has 1 aromatic carbocycles. The molecule has 0 atom stereocenters. The molecule has 7 nitrogen and oxygen atoms in total. The van der Waals surface area contributed by atoms with Crippen LogP contribution in [0.2, 0.25) is 10.0 Å². The summed E-state index contributed by atoms with van der Waals surface area (Å²) in [5, 5.41) is 3.88. The molecule has 10 heteroatoms. The molecule has 1 aliphatic carbocycles. The summed E-state index contributed by atoms with van der Waals surface area (Å²) in [5.41, 5.74) is 0.627. The second-order valence-electron chi connectivity index (χ2n) is 6.25. The molecular formula is C16H17Cl2N3O4S. The van der Waals surface area contributed by atoms with E-state index in [9.17, 15) is 13.2 Å². The van der Waals surface area contributed by atoms with Crippen molar-refractivity contribution in [1.29, 1.82) is 0 Å². The number of halogens is 2. The number of hydrogen-bond acceptors (Lipinski definition) is 5. The molecule has 1 saturated carbocycles. The van der Waals surface area contributed by atoms with E-state index in [0.717, 1.165) is 12.8 Å². The Balaban J connectivity index is 1.88. The van der Waals surface area contributed by atoms with E-state index in [1.807, 2.05) is 0 Å². The van der Waals surface area contributed by atoms with Gasteiger partial charge < -0.3 is 9.42 Å². The quantitative estimate of drug-likeness (QED) is 0.779. The monoisotopic (exact) mass is 417 g/mol. The first kappa shape index (κ1) is 19.2. The summed E-state index contributed by atoms with van der Waals surface area (Å²) in [7, 11) is -2.26. The zero-order chi connectivity index (χ0) is 19.1. The fraction of sp³-hybridized carbons (Fsp3) is 0.375. The van der Waals surface area contributed by atoms with Gasteiger partial charge in [0.1, 0.15) is 16.3 Å².